The van der Waals surface area contributed by atoms with Gasteiger partial charge in [-0.3, -0.25) is 4.79 Å². The highest BCUT2D eigenvalue weighted by Gasteiger charge is 2.23. The van der Waals surface area contributed by atoms with Crippen LogP contribution in [0.1, 0.15) is 19.8 Å². The van der Waals surface area contributed by atoms with Crippen LogP contribution < -0.4 is 0 Å². The molecule has 0 radical (unpaired) electrons. The molecule has 3 nitrogen and oxygen atoms in total. The molecule has 1 saturated heterocycles. The van der Waals surface area contributed by atoms with Gasteiger partial charge in [-0.15, -0.1) is 0 Å². The number of allylic oxidation sites excluding steroid dienone is 1. The summed E-state index contributed by atoms with van der Waals surface area (Å²) in [7, 11) is 0. The molecule has 1 atom stereocenters. The minimum absolute atomic E-state index is 0.134. The molecule has 68 valence electrons. The predicted octanol–water partition coefficient (Wildman–Crippen LogP) is 0.878. The van der Waals surface area contributed by atoms with E-state index >= 15 is 0 Å². The zero-order chi connectivity index (χ0) is 8.97. The SMILES string of the molecule is C/C=C1/COC(=O)CC1CCO. The Morgan fingerprint density at radius 1 is 1.75 bits per heavy atom. The van der Waals surface area contributed by atoms with Crippen LogP contribution in [0.5, 0.6) is 0 Å². The number of hydrogen-bond donors (Lipinski definition) is 1. The lowest BCUT2D eigenvalue weighted by molar-refractivity contribution is -0.146. The topological polar surface area (TPSA) is 46.5 Å². The molecule has 1 unspecified atom stereocenters. The van der Waals surface area contributed by atoms with E-state index in [-0.39, 0.29) is 18.5 Å². The molecule has 12 heavy (non-hydrogen) atoms. The molecule has 0 saturated carbocycles. The monoisotopic (exact) mass is 170 g/mol. The molecule has 1 aliphatic rings. The first kappa shape index (κ1) is 9.26. The summed E-state index contributed by atoms with van der Waals surface area (Å²) in [6.45, 7) is 2.47. The molecule has 0 aromatic rings. The molecular weight excluding hydrogens is 156 g/mol. The van der Waals surface area contributed by atoms with Crippen molar-refractivity contribution >= 4 is 5.97 Å². The van der Waals surface area contributed by atoms with Crippen LogP contribution in [0.4, 0.5) is 0 Å². The van der Waals surface area contributed by atoms with Gasteiger partial charge in [0, 0.05) is 6.61 Å². The van der Waals surface area contributed by atoms with E-state index < -0.39 is 0 Å². The molecule has 1 aliphatic heterocycles. The van der Waals surface area contributed by atoms with Gasteiger partial charge in [-0.25, -0.2) is 0 Å². The van der Waals surface area contributed by atoms with Crippen molar-refractivity contribution in [3.8, 4) is 0 Å². The summed E-state index contributed by atoms with van der Waals surface area (Å²) in [5.41, 5.74) is 1.13. The minimum Gasteiger partial charge on any atom is -0.461 e. The van der Waals surface area contributed by atoms with Crippen molar-refractivity contribution < 1.29 is 14.6 Å². The van der Waals surface area contributed by atoms with Crippen molar-refractivity contribution in [1.82, 2.24) is 0 Å². The maximum atomic E-state index is 10.9. The van der Waals surface area contributed by atoms with E-state index in [0.29, 0.717) is 19.4 Å². The fraction of sp³-hybridized carbons (Fsp3) is 0.667. The van der Waals surface area contributed by atoms with Crippen LogP contribution in [0.25, 0.3) is 0 Å². The second-order valence-corrected chi connectivity index (χ2v) is 2.94. The third-order valence-electron chi connectivity index (χ3n) is 2.19. The Kier molecular flexibility index (Phi) is 3.29. The first-order valence-corrected chi connectivity index (χ1v) is 4.19. The molecule has 0 aliphatic carbocycles. The van der Waals surface area contributed by atoms with Crippen LogP contribution in [-0.4, -0.2) is 24.3 Å². The highest BCUT2D eigenvalue weighted by Crippen LogP contribution is 2.24. The van der Waals surface area contributed by atoms with E-state index in [1.165, 1.54) is 0 Å². The zero-order valence-electron chi connectivity index (χ0n) is 7.25. The number of cyclic esters (lactones) is 1. The maximum absolute atomic E-state index is 10.9. The Labute approximate surface area is 72.0 Å². The summed E-state index contributed by atoms with van der Waals surface area (Å²) in [6.07, 6.45) is 3.04. The van der Waals surface area contributed by atoms with Crippen molar-refractivity contribution in [2.24, 2.45) is 5.92 Å². The van der Waals surface area contributed by atoms with Crippen molar-refractivity contribution in [3.63, 3.8) is 0 Å². The average molecular weight is 170 g/mol. The van der Waals surface area contributed by atoms with E-state index in [4.69, 9.17) is 9.84 Å². The van der Waals surface area contributed by atoms with Crippen LogP contribution in [0.15, 0.2) is 11.6 Å². The summed E-state index contributed by atoms with van der Waals surface area (Å²) >= 11 is 0. The van der Waals surface area contributed by atoms with Gasteiger partial charge in [-0.1, -0.05) is 6.08 Å². The normalized spacial score (nSPS) is 27.3. The molecule has 1 heterocycles. The fourth-order valence-corrected chi connectivity index (χ4v) is 1.44. The van der Waals surface area contributed by atoms with Gasteiger partial charge in [0.1, 0.15) is 6.61 Å². The number of carbonyl (C=O) groups excluding carboxylic acids is 1. The Bertz CT molecular complexity index is 196. The van der Waals surface area contributed by atoms with Gasteiger partial charge in [0.05, 0.1) is 6.42 Å². The number of aliphatic hydroxyl groups is 1. The average Bonchev–Trinajstić information content (AvgIpc) is 2.05. The Morgan fingerprint density at radius 3 is 3.08 bits per heavy atom. The van der Waals surface area contributed by atoms with Gasteiger partial charge in [0.15, 0.2) is 0 Å². The number of carbonyl (C=O) groups is 1. The highest BCUT2D eigenvalue weighted by molar-refractivity contribution is 5.71. The number of ether oxygens (including phenoxy) is 1. The minimum atomic E-state index is -0.154. The number of hydrogen-bond acceptors (Lipinski definition) is 3. The van der Waals surface area contributed by atoms with Crippen molar-refractivity contribution in [2.45, 2.75) is 19.8 Å². The van der Waals surface area contributed by atoms with Crippen molar-refractivity contribution in [2.75, 3.05) is 13.2 Å². The maximum Gasteiger partial charge on any atom is 0.306 e. The van der Waals surface area contributed by atoms with Gasteiger partial charge in [-0.2, -0.15) is 0 Å². The van der Waals surface area contributed by atoms with Gasteiger partial charge in [0.25, 0.3) is 0 Å². The molecule has 0 spiro atoms. The van der Waals surface area contributed by atoms with E-state index in [2.05, 4.69) is 0 Å². The third-order valence-corrected chi connectivity index (χ3v) is 2.19. The Balaban J connectivity index is 2.58. The first-order chi connectivity index (χ1) is 5.77. The molecule has 0 bridgehead atoms. The van der Waals surface area contributed by atoms with Gasteiger partial charge >= 0.3 is 5.97 Å². The lowest BCUT2D eigenvalue weighted by Gasteiger charge is -2.23. The zero-order valence-corrected chi connectivity index (χ0v) is 7.25. The molecule has 0 aromatic heterocycles. The molecule has 1 rings (SSSR count). The van der Waals surface area contributed by atoms with Crippen LogP contribution >= 0.6 is 0 Å². The second kappa shape index (κ2) is 4.26. The van der Waals surface area contributed by atoms with Crippen LogP contribution in [0.3, 0.4) is 0 Å². The lowest BCUT2D eigenvalue weighted by Crippen LogP contribution is -2.24. The number of rotatable bonds is 2. The summed E-state index contributed by atoms with van der Waals surface area (Å²) in [6, 6.07) is 0. The van der Waals surface area contributed by atoms with Crippen LogP contribution in [0.2, 0.25) is 0 Å². The predicted molar refractivity (Wildman–Crippen MR) is 44.5 cm³/mol. The van der Waals surface area contributed by atoms with Gasteiger partial charge in [-0.05, 0) is 24.8 Å². The molecular formula is C9H14O3. The van der Waals surface area contributed by atoms with E-state index in [1.807, 2.05) is 13.0 Å². The largest absolute Gasteiger partial charge is 0.461 e. The Morgan fingerprint density at radius 2 is 2.50 bits per heavy atom. The number of esters is 1. The fourth-order valence-electron chi connectivity index (χ4n) is 1.44. The highest BCUT2D eigenvalue weighted by atomic mass is 16.5. The van der Waals surface area contributed by atoms with E-state index in [9.17, 15) is 4.79 Å². The lowest BCUT2D eigenvalue weighted by atomic mass is 9.91. The van der Waals surface area contributed by atoms with Crippen molar-refractivity contribution in [3.05, 3.63) is 11.6 Å². The first-order valence-electron chi connectivity index (χ1n) is 4.19. The quantitative estimate of drug-likeness (QED) is 0.494. The molecule has 3 heteroatoms. The molecule has 1 N–H and O–H groups in total. The summed E-state index contributed by atoms with van der Waals surface area (Å²) < 4.78 is 4.87. The molecule has 0 amide bonds. The van der Waals surface area contributed by atoms with Crippen LogP contribution in [0, 0.1) is 5.92 Å². The summed E-state index contributed by atoms with van der Waals surface area (Å²) in [4.78, 5) is 10.9. The second-order valence-electron chi connectivity index (χ2n) is 2.94. The van der Waals surface area contributed by atoms with Gasteiger partial charge < -0.3 is 9.84 Å². The standard InChI is InChI=1S/C9H14O3/c1-2-7-6-12-9(11)5-8(7)3-4-10/h2,8,10H,3-6H2,1H3/b7-2-. The molecule has 0 aromatic carbocycles. The van der Waals surface area contributed by atoms with Gasteiger partial charge in [0.2, 0.25) is 0 Å². The Hall–Kier alpha value is -0.830. The molecule has 1 fully saturated rings. The van der Waals surface area contributed by atoms with Crippen molar-refractivity contribution in [1.29, 1.82) is 0 Å². The van der Waals surface area contributed by atoms with E-state index in [0.717, 1.165) is 5.57 Å². The summed E-state index contributed by atoms with van der Waals surface area (Å²) in [5.74, 6) is 0.0419. The summed E-state index contributed by atoms with van der Waals surface area (Å²) in [5, 5.41) is 8.74. The van der Waals surface area contributed by atoms with E-state index in [1.54, 1.807) is 0 Å². The smallest absolute Gasteiger partial charge is 0.306 e. The number of aliphatic hydroxyl groups excluding tert-OH is 1. The van der Waals surface area contributed by atoms with Crippen LogP contribution in [-0.2, 0) is 9.53 Å². The third kappa shape index (κ3) is 2.08.